The van der Waals surface area contributed by atoms with E-state index in [4.69, 9.17) is 5.73 Å². The third kappa shape index (κ3) is 5.96. The van der Waals surface area contributed by atoms with Crippen molar-refractivity contribution in [3.63, 3.8) is 0 Å². The summed E-state index contributed by atoms with van der Waals surface area (Å²) in [7, 11) is 0. The van der Waals surface area contributed by atoms with Crippen molar-refractivity contribution >= 4 is 11.8 Å². The summed E-state index contributed by atoms with van der Waals surface area (Å²) in [6, 6.07) is 9.77. The number of rotatable bonds is 10. The highest BCUT2D eigenvalue weighted by Crippen LogP contribution is 2.19. The average Bonchev–Trinajstić information content (AvgIpc) is 3.00. The molecule has 0 radical (unpaired) electrons. The number of unbranched alkanes of at least 4 members (excludes halogenated alkanes) is 3. The lowest BCUT2D eigenvalue weighted by atomic mass is 10.1. The topological polar surface area (TPSA) is 75.4 Å². The third-order valence-electron chi connectivity index (χ3n) is 4.47. The van der Waals surface area contributed by atoms with Crippen LogP contribution in [0, 0.1) is 0 Å². The van der Waals surface area contributed by atoms with Crippen molar-refractivity contribution < 1.29 is 9.59 Å². The van der Waals surface area contributed by atoms with E-state index < -0.39 is 0 Å². The van der Waals surface area contributed by atoms with Gasteiger partial charge in [-0.05, 0) is 31.4 Å². The fraction of sp³-hybridized carbons (Fsp3) is 0.579. The number of nitrogens with one attached hydrogen (secondary N) is 1. The summed E-state index contributed by atoms with van der Waals surface area (Å²) < 4.78 is 0. The molecule has 5 heteroatoms. The van der Waals surface area contributed by atoms with Crippen molar-refractivity contribution in [1.82, 2.24) is 10.2 Å². The summed E-state index contributed by atoms with van der Waals surface area (Å²) in [5.74, 6) is 0.246. The summed E-state index contributed by atoms with van der Waals surface area (Å²) in [6.07, 6.45) is 6.08. The Balaban J connectivity index is 1.88. The molecule has 1 aromatic carbocycles. The van der Waals surface area contributed by atoms with Gasteiger partial charge >= 0.3 is 0 Å². The van der Waals surface area contributed by atoms with E-state index in [0.717, 1.165) is 44.2 Å². The highest BCUT2D eigenvalue weighted by Gasteiger charge is 2.25. The number of hydrogen-bond acceptors (Lipinski definition) is 3. The Morgan fingerprint density at radius 3 is 2.58 bits per heavy atom. The average molecular weight is 331 g/mol. The molecule has 1 heterocycles. The first-order valence-electron chi connectivity index (χ1n) is 9.03. The molecular formula is C19H29N3O2. The van der Waals surface area contributed by atoms with E-state index in [2.05, 4.69) is 5.32 Å². The molecule has 1 fully saturated rings. The van der Waals surface area contributed by atoms with E-state index in [0.29, 0.717) is 25.9 Å². The maximum Gasteiger partial charge on any atom is 0.222 e. The molecule has 0 aliphatic carbocycles. The van der Waals surface area contributed by atoms with Crippen LogP contribution >= 0.6 is 0 Å². The van der Waals surface area contributed by atoms with E-state index in [1.807, 2.05) is 35.2 Å². The zero-order valence-electron chi connectivity index (χ0n) is 14.4. The lowest BCUT2D eigenvalue weighted by Gasteiger charge is -2.25. The van der Waals surface area contributed by atoms with Gasteiger partial charge in [-0.25, -0.2) is 0 Å². The molecule has 5 nitrogen and oxygen atoms in total. The van der Waals surface area contributed by atoms with Crippen LogP contribution in [0.1, 0.15) is 56.6 Å². The number of carbonyl (C=O) groups excluding carboxylic acids is 2. The lowest BCUT2D eigenvalue weighted by molar-refractivity contribution is -0.129. The first-order chi connectivity index (χ1) is 11.7. The quantitative estimate of drug-likeness (QED) is 0.646. The van der Waals surface area contributed by atoms with E-state index in [1.165, 1.54) is 0 Å². The monoisotopic (exact) mass is 331 g/mol. The first kappa shape index (κ1) is 18.5. The Labute approximate surface area is 144 Å². The van der Waals surface area contributed by atoms with Gasteiger partial charge in [0.2, 0.25) is 11.8 Å². The number of carbonyl (C=O) groups is 2. The minimum Gasteiger partial charge on any atom is -0.348 e. The molecule has 2 rings (SSSR count). The van der Waals surface area contributed by atoms with Crippen LogP contribution in [0.5, 0.6) is 0 Å². The van der Waals surface area contributed by atoms with Crippen LogP contribution in [0.4, 0.5) is 0 Å². The van der Waals surface area contributed by atoms with Crippen LogP contribution < -0.4 is 11.1 Å². The standard InChI is InChI=1S/C19H29N3O2/c20-13-7-2-1-6-11-18(23)21-17(16-9-4-3-5-10-16)15-22-14-8-12-19(22)24/h3-5,9-10,17H,1-2,6-8,11-15,20H2,(H,21,23). The number of nitrogens with two attached hydrogens (primary N) is 1. The minimum absolute atomic E-state index is 0.0586. The third-order valence-corrected chi connectivity index (χ3v) is 4.47. The Hall–Kier alpha value is -1.88. The maximum atomic E-state index is 12.3. The molecule has 0 saturated carbocycles. The fourth-order valence-corrected chi connectivity index (χ4v) is 3.09. The predicted octanol–water partition coefficient (Wildman–Crippen LogP) is 2.38. The predicted molar refractivity (Wildman–Crippen MR) is 95.3 cm³/mol. The molecule has 0 bridgehead atoms. The Kier molecular flexibility index (Phi) is 7.75. The minimum atomic E-state index is -0.134. The molecule has 3 N–H and O–H groups in total. The van der Waals surface area contributed by atoms with Crippen molar-refractivity contribution in [3.8, 4) is 0 Å². The van der Waals surface area contributed by atoms with Gasteiger partial charge in [0.05, 0.1) is 6.04 Å². The zero-order valence-corrected chi connectivity index (χ0v) is 14.4. The molecular weight excluding hydrogens is 302 g/mol. The number of nitrogens with zero attached hydrogens (tertiary/aromatic N) is 1. The Morgan fingerprint density at radius 1 is 1.17 bits per heavy atom. The highest BCUT2D eigenvalue weighted by molar-refractivity contribution is 5.79. The molecule has 1 atom stereocenters. The van der Waals surface area contributed by atoms with Gasteiger partial charge in [-0.15, -0.1) is 0 Å². The van der Waals surface area contributed by atoms with E-state index in [-0.39, 0.29) is 17.9 Å². The summed E-state index contributed by atoms with van der Waals surface area (Å²) in [5, 5.41) is 3.11. The number of hydrogen-bond donors (Lipinski definition) is 2. The van der Waals surface area contributed by atoms with Gasteiger partial charge in [-0.2, -0.15) is 0 Å². The van der Waals surface area contributed by atoms with Gasteiger partial charge in [0.25, 0.3) is 0 Å². The lowest BCUT2D eigenvalue weighted by Crippen LogP contribution is -2.38. The summed E-state index contributed by atoms with van der Waals surface area (Å²) in [4.78, 5) is 26.0. The molecule has 0 aromatic heterocycles. The van der Waals surface area contributed by atoms with Crippen molar-refractivity contribution in [1.29, 1.82) is 0 Å². The highest BCUT2D eigenvalue weighted by atomic mass is 16.2. The molecule has 1 aromatic rings. The summed E-state index contributed by atoms with van der Waals surface area (Å²) in [6.45, 7) is 2.06. The van der Waals surface area contributed by atoms with Crippen LogP contribution in [0.2, 0.25) is 0 Å². The van der Waals surface area contributed by atoms with Gasteiger partial charge in [-0.1, -0.05) is 43.2 Å². The second kappa shape index (κ2) is 10.1. The van der Waals surface area contributed by atoms with Gasteiger partial charge < -0.3 is 16.0 Å². The van der Waals surface area contributed by atoms with Crippen molar-refractivity contribution in [2.45, 2.75) is 51.0 Å². The number of amides is 2. The van der Waals surface area contributed by atoms with Gasteiger partial charge in [0.1, 0.15) is 0 Å². The van der Waals surface area contributed by atoms with Crippen LogP contribution in [0.25, 0.3) is 0 Å². The number of benzene rings is 1. The van der Waals surface area contributed by atoms with Crippen LogP contribution in [0.15, 0.2) is 30.3 Å². The molecule has 0 spiro atoms. The summed E-state index contributed by atoms with van der Waals surface area (Å²) >= 11 is 0. The first-order valence-corrected chi connectivity index (χ1v) is 9.03. The fourth-order valence-electron chi connectivity index (χ4n) is 3.09. The largest absolute Gasteiger partial charge is 0.348 e. The molecule has 2 amide bonds. The van der Waals surface area contributed by atoms with Crippen molar-refractivity contribution in [2.24, 2.45) is 5.73 Å². The second-order valence-corrected chi connectivity index (χ2v) is 6.43. The molecule has 1 saturated heterocycles. The molecule has 1 unspecified atom stereocenters. The van der Waals surface area contributed by atoms with Gasteiger partial charge in [-0.3, -0.25) is 9.59 Å². The second-order valence-electron chi connectivity index (χ2n) is 6.43. The normalized spacial score (nSPS) is 15.5. The van der Waals surface area contributed by atoms with Crippen LogP contribution in [-0.2, 0) is 9.59 Å². The van der Waals surface area contributed by atoms with Gasteiger partial charge in [0.15, 0.2) is 0 Å². The molecule has 24 heavy (non-hydrogen) atoms. The van der Waals surface area contributed by atoms with Gasteiger partial charge in [0, 0.05) is 25.9 Å². The zero-order chi connectivity index (χ0) is 17.2. The van der Waals surface area contributed by atoms with Crippen LogP contribution in [0.3, 0.4) is 0 Å². The number of likely N-dealkylation sites (tertiary alicyclic amines) is 1. The van der Waals surface area contributed by atoms with E-state index in [9.17, 15) is 9.59 Å². The SMILES string of the molecule is NCCCCCCC(=O)NC(CN1CCCC1=O)c1ccccc1. The molecule has 132 valence electrons. The van der Waals surface area contributed by atoms with E-state index in [1.54, 1.807) is 0 Å². The molecule has 1 aliphatic rings. The summed E-state index contributed by atoms with van der Waals surface area (Å²) in [5.41, 5.74) is 6.53. The maximum absolute atomic E-state index is 12.3. The molecule has 1 aliphatic heterocycles. The van der Waals surface area contributed by atoms with Crippen LogP contribution in [-0.4, -0.2) is 36.3 Å². The Morgan fingerprint density at radius 2 is 1.92 bits per heavy atom. The van der Waals surface area contributed by atoms with Crippen molar-refractivity contribution in [3.05, 3.63) is 35.9 Å². The van der Waals surface area contributed by atoms with E-state index >= 15 is 0 Å². The Bertz CT molecular complexity index is 519. The van der Waals surface area contributed by atoms with Crippen molar-refractivity contribution in [2.75, 3.05) is 19.6 Å². The smallest absolute Gasteiger partial charge is 0.222 e.